The molecule has 1 aliphatic heterocycles. The van der Waals surface area contributed by atoms with Crippen molar-refractivity contribution in [1.29, 1.82) is 0 Å². The quantitative estimate of drug-likeness (QED) is 0.504. The van der Waals surface area contributed by atoms with Crippen molar-refractivity contribution in [2.75, 3.05) is 44.2 Å². The van der Waals surface area contributed by atoms with Gasteiger partial charge in [-0.25, -0.2) is 9.98 Å². The lowest BCUT2D eigenvalue weighted by Gasteiger charge is -2.36. The molecule has 0 bridgehead atoms. The maximum atomic E-state index is 5.50. The molecule has 1 saturated heterocycles. The summed E-state index contributed by atoms with van der Waals surface area (Å²) >= 11 is 1.48. The molecule has 0 aliphatic carbocycles. The van der Waals surface area contributed by atoms with E-state index < -0.39 is 0 Å². The van der Waals surface area contributed by atoms with E-state index in [1.54, 1.807) is 0 Å². The fourth-order valence-electron chi connectivity index (χ4n) is 3.02. The summed E-state index contributed by atoms with van der Waals surface area (Å²) in [5.74, 6) is 2.82. The Morgan fingerprint density at radius 2 is 2.03 bits per heavy atom. The largest absolute Gasteiger partial charge is 0.371 e. The Kier molecular flexibility index (Phi) is 7.76. The number of aromatic nitrogens is 4. The van der Waals surface area contributed by atoms with Crippen LogP contribution in [-0.2, 0) is 17.7 Å². The fourth-order valence-corrected chi connectivity index (χ4v) is 3.82. The average molecular weight is 423 g/mol. The van der Waals surface area contributed by atoms with Crippen LogP contribution in [0, 0.1) is 0 Å². The molecule has 0 aromatic carbocycles. The Morgan fingerprint density at radius 1 is 1.24 bits per heavy atom. The van der Waals surface area contributed by atoms with Gasteiger partial charge in [-0.15, -0.1) is 0 Å². The highest BCUT2D eigenvalue weighted by Crippen LogP contribution is 2.19. The molecule has 0 amide bonds. The predicted octanol–water partition coefficient (Wildman–Crippen LogP) is 1.87. The van der Waals surface area contributed by atoms with Crippen LogP contribution in [0.25, 0.3) is 0 Å². The van der Waals surface area contributed by atoms with Crippen LogP contribution in [0.5, 0.6) is 0 Å². The zero-order valence-corrected chi connectivity index (χ0v) is 18.4. The highest BCUT2D eigenvalue weighted by molar-refractivity contribution is 7.09. The van der Waals surface area contributed by atoms with E-state index in [0.29, 0.717) is 24.9 Å². The molecular formula is C18H30N8O2S. The number of ether oxygens (including phenoxy) is 1. The van der Waals surface area contributed by atoms with Gasteiger partial charge in [-0.3, -0.25) is 0 Å². The maximum Gasteiger partial charge on any atom is 0.248 e. The summed E-state index contributed by atoms with van der Waals surface area (Å²) in [6.45, 7) is 13.2. The third-order valence-electron chi connectivity index (χ3n) is 4.59. The lowest BCUT2D eigenvalue weighted by atomic mass is 10.3. The number of rotatable bonds is 8. The summed E-state index contributed by atoms with van der Waals surface area (Å²) in [6.07, 6.45) is 0.686. The van der Waals surface area contributed by atoms with Crippen LogP contribution in [-0.4, -0.2) is 69.7 Å². The van der Waals surface area contributed by atoms with Gasteiger partial charge in [0.25, 0.3) is 0 Å². The van der Waals surface area contributed by atoms with Crippen LogP contribution in [0.15, 0.2) is 9.52 Å². The first kappa shape index (κ1) is 21.4. The molecule has 1 N–H and O–H groups in total. The number of nitrogens with one attached hydrogen (secondary N) is 1. The number of nitrogens with zero attached hydrogens (tertiary/aromatic N) is 7. The average Bonchev–Trinajstić information content (AvgIpc) is 3.41. The van der Waals surface area contributed by atoms with Gasteiger partial charge < -0.3 is 24.4 Å². The normalized spacial score (nSPS) is 16.3. The van der Waals surface area contributed by atoms with Gasteiger partial charge in [0.05, 0.1) is 0 Å². The number of piperazine rings is 1. The Morgan fingerprint density at radius 3 is 2.69 bits per heavy atom. The van der Waals surface area contributed by atoms with Crippen molar-refractivity contribution in [1.82, 2.24) is 29.7 Å². The van der Waals surface area contributed by atoms with Crippen LogP contribution in [0.3, 0.4) is 0 Å². The number of guanidine groups is 1. The highest BCUT2D eigenvalue weighted by atomic mass is 32.1. The Balaban J connectivity index is 1.58. The zero-order chi connectivity index (χ0) is 20.6. The van der Waals surface area contributed by atoms with Crippen LogP contribution in [0.1, 0.15) is 51.3 Å². The molecule has 2 aromatic rings. The van der Waals surface area contributed by atoms with Crippen molar-refractivity contribution in [3.05, 3.63) is 17.5 Å². The van der Waals surface area contributed by atoms with E-state index in [9.17, 15) is 0 Å². The summed E-state index contributed by atoms with van der Waals surface area (Å²) in [4.78, 5) is 18.2. The predicted molar refractivity (Wildman–Crippen MR) is 112 cm³/mol. The van der Waals surface area contributed by atoms with Crippen molar-refractivity contribution in [2.45, 2.75) is 46.8 Å². The highest BCUT2D eigenvalue weighted by Gasteiger charge is 2.22. The first-order valence-electron chi connectivity index (χ1n) is 10.2. The molecule has 2 aromatic heterocycles. The number of hydrogen-bond acceptors (Lipinski definition) is 9. The van der Waals surface area contributed by atoms with E-state index in [1.807, 2.05) is 13.8 Å². The SMILES string of the molecule is CCNC(=NCc1nc(C(C)OCC)no1)N1CCN(c2nc(CC)ns2)CC1. The van der Waals surface area contributed by atoms with Crippen LogP contribution >= 0.6 is 11.5 Å². The molecule has 1 fully saturated rings. The maximum absolute atomic E-state index is 5.50. The topological polar surface area (TPSA) is 105 Å². The van der Waals surface area contributed by atoms with Gasteiger partial charge in [-0.05, 0) is 20.8 Å². The van der Waals surface area contributed by atoms with Crippen LogP contribution in [0.2, 0.25) is 0 Å². The van der Waals surface area contributed by atoms with Crippen molar-refractivity contribution in [3.63, 3.8) is 0 Å². The second kappa shape index (κ2) is 10.5. The molecular weight excluding hydrogens is 392 g/mol. The van der Waals surface area contributed by atoms with E-state index in [1.165, 1.54) is 11.5 Å². The lowest BCUT2D eigenvalue weighted by molar-refractivity contribution is 0.0683. The first-order chi connectivity index (χ1) is 14.1. The summed E-state index contributed by atoms with van der Waals surface area (Å²) in [6, 6.07) is 0. The van der Waals surface area contributed by atoms with Gasteiger partial charge in [0, 0.05) is 57.3 Å². The van der Waals surface area contributed by atoms with Gasteiger partial charge in [-0.2, -0.15) is 9.36 Å². The smallest absolute Gasteiger partial charge is 0.248 e. The van der Waals surface area contributed by atoms with Crippen molar-refractivity contribution < 1.29 is 9.26 Å². The van der Waals surface area contributed by atoms with E-state index in [0.717, 1.165) is 56.1 Å². The summed E-state index contributed by atoms with van der Waals surface area (Å²) in [7, 11) is 0. The molecule has 3 rings (SSSR count). The third kappa shape index (κ3) is 5.63. The lowest BCUT2D eigenvalue weighted by Crippen LogP contribution is -2.52. The fraction of sp³-hybridized carbons (Fsp3) is 0.722. The molecule has 1 unspecified atom stereocenters. The van der Waals surface area contributed by atoms with E-state index >= 15 is 0 Å². The monoisotopic (exact) mass is 422 g/mol. The minimum atomic E-state index is -0.184. The molecule has 29 heavy (non-hydrogen) atoms. The Hall–Kier alpha value is -2.27. The van der Waals surface area contributed by atoms with Crippen LogP contribution in [0.4, 0.5) is 5.13 Å². The van der Waals surface area contributed by atoms with Gasteiger partial charge in [0.15, 0.2) is 11.8 Å². The first-order valence-corrected chi connectivity index (χ1v) is 11.0. The van der Waals surface area contributed by atoms with Crippen LogP contribution < -0.4 is 10.2 Å². The van der Waals surface area contributed by atoms with Gasteiger partial charge in [-0.1, -0.05) is 12.1 Å². The second-order valence-corrected chi connectivity index (χ2v) is 7.37. The molecule has 0 spiro atoms. The molecule has 0 saturated carbocycles. The number of aryl methyl sites for hydroxylation is 1. The minimum absolute atomic E-state index is 0.184. The third-order valence-corrected chi connectivity index (χ3v) is 5.40. The van der Waals surface area contributed by atoms with Gasteiger partial charge in [0.1, 0.15) is 18.5 Å². The van der Waals surface area contributed by atoms with E-state index in [-0.39, 0.29) is 6.10 Å². The summed E-state index contributed by atoms with van der Waals surface area (Å²) < 4.78 is 15.2. The molecule has 11 heteroatoms. The molecule has 0 radical (unpaired) electrons. The second-order valence-electron chi connectivity index (χ2n) is 6.63. The molecule has 160 valence electrons. The zero-order valence-electron chi connectivity index (χ0n) is 17.6. The van der Waals surface area contributed by atoms with E-state index in [4.69, 9.17) is 14.3 Å². The number of anilines is 1. The van der Waals surface area contributed by atoms with E-state index in [2.05, 4.69) is 48.5 Å². The molecule has 3 heterocycles. The Labute approximate surface area is 175 Å². The standard InChI is InChI=1S/C18H30N8O2S/c1-5-14-21-18(29-24-14)26-10-8-25(9-11-26)17(19-6-2)20-12-15-22-16(23-28-15)13(4)27-7-3/h13H,5-12H2,1-4H3,(H,19,20). The molecule has 10 nitrogen and oxygen atoms in total. The molecule has 1 aliphatic rings. The van der Waals surface area contributed by atoms with Crippen molar-refractivity contribution in [3.8, 4) is 0 Å². The summed E-state index contributed by atoms with van der Waals surface area (Å²) in [5.41, 5.74) is 0. The van der Waals surface area contributed by atoms with Crippen molar-refractivity contribution >= 4 is 22.6 Å². The van der Waals surface area contributed by atoms with Crippen molar-refractivity contribution in [2.24, 2.45) is 4.99 Å². The number of hydrogen-bond donors (Lipinski definition) is 1. The number of aliphatic imine (C=N–C) groups is 1. The minimum Gasteiger partial charge on any atom is -0.371 e. The Bertz CT molecular complexity index is 784. The van der Waals surface area contributed by atoms with Gasteiger partial charge in [0.2, 0.25) is 11.0 Å². The van der Waals surface area contributed by atoms with Gasteiger partial charge >= 0.3 is 0 Å². The summed E-state index contributed by atoms with van der Waals surface area (Å²) in [5, 5.41) is 8.35. The molecule has 1 atom stereocenters.